The van der Waals surface area contributed by atoms with Crippen molar-refractivity contribution in [3.05, 3.63) is 0 Å². The summed E-state index contributed by atoms with van der Waals surface area (Å²) in [5, 5.41) is 60.4. The van der Waals surface area contributed by atoms with Crippen LogP contribution in [0.3, 0.4) is 0 Å². The molecule has 0 aromatic heterocycles. The molecule has 4 fully saturated rings. The van der Waals surface area contributed by atoms with Crippen LogP contribution in [0.1, 0.15) is 12.8 Å². The molecule has 0 amide bonds. The van der Waals surface area contributed by atoms with Crippen LogP contribution < -0.4 is 19.7 Å². The number of carboxylic acids is 2. The van der Waals surface area contributed by atoms with E-state index in [1.54, 1.807) is 4.72 Å². The maximum atomic E-state index is 11.3. The number of aliphatic hydroxyl groups excluding tert-OH is 4. The van der Waals surface area contributed by atoms with Crippen LogP contribution in [0.5, 0.6) is 0 Å². The number of aliphatic carboxylic acids is 2. The number of hydrogen-bond acceptors (Lipinski definition) is 35. The Balaban J connectivity index is 0.00000112. The van der Waals surface area contributed by atoms with Gasteiger partial charge in [-0.25, -0.2) is 60.0 Å². The number of piperidine rings is 1. The quantitative estimate of drug-likeness (QED) is 0.0517. The van der Waals surface area contributed by atoms with Crippen LogP contribution in [0.25, 0.3) is 0 Å². The van der Waals surface area contributed by atoms with E-state index in [0.29, 0.717) is 0 Å². The minimum Gasteiger partial charge on any atom is -0.735 e. The number of rotatable bonds is 19. The molecule has 0 aliphatic carbocycles. The van der Waals surface area contributed by atoms with E-state index in [0.717, 1.165) is 12.0 Å². The average Bonchev–Trinajstić information content (AvgIpc) is 3.15. The number of carbonyl (C=O) groups is 2. The zero-order chi connectivity index (χ0) is 53.2. The van der Waals surface area contributed by atoms with Gasteiger partial charge in [-0.2, -0.15) is 0 Å². The topological polar surface area (TPSA) is 669 Å². The Morgan fingerprint density at radius 3 is 1.65 bits per heavy atom. The van der Waals surface area contributed by atoms with Crippen molar-refractivity contribution in [2.45, 2.75) is 86.2 Å². The normalized spacial score (nSPS) is 32.3. The third-order valence-electron chi connectivity index (χ3n) is 9.47. The standard InChI is InChI=1S/C13H24N2O16S3.C7H15NO10S2.C6H10O8S.2H2O/c16-9-3-15(2-7(11(9)17)13(18)19)1-6-10(5-30-33(23,24)25)29-4-8(14-32(20,21)22)12(6)31-34(26,27)28;1-16-7-6(8-19(10,11)12)5(9)2-4(18-7)3-17-20(13,14)15;7-3-1-4(6(8)9)13-2-5(3)14-15(10,11)12;;/h6-12,14,16-17H,1-5H2,(H,18,19)(H,20,21,22)(H,23,24,25)(H,26,27,28);4-9H,2-3H2,1H3,(H,10,11,12)(H,13,14,15);3-5,7H,1-2H2,(H,8,9)(H,10,11,12);2*1H2/p-8/t6-,7?,8?,9+,10?,11-,12-;4?,5-,6?,7+;3-,4?,5?;;/m111../s1. The monoisotopic (exact) mass is 1170 g/mol. The van der Waals surface area contributed by atoms with Crippen molar-refractivity contribution in [1.82, 2.24) is 14.3 Å². The molecular weight excluding hydrogens is 1120 g/mol. The van der Waals surface area contributed by atoms with Gasteiger partial charge in [0.05, 0.1) is 87.2 Å². The second-order valence-electron chi connectivity index (χ2n) is 14.5. The lowest BCUT2D eigenvalue weighted by atomic mass is 9.86. The van der Waals surface area contributed by atoms with E-state index in [1.165, 1.54) is 4.72 Å². The Morgan fingerprint density at radius 2 is 1.20 bits per heavy atom. The van der Waals surface area contributed by atoms with Gasteiger partial charge in [-0.3, -0.25) is 21.6 Å². The molecule has 7 unspecified atom stereocenters. The van der Waals surface area contributed by atoms with Crippen molar-refractivity contribution in [1.29, 1.82) is 0 Å². The molecule has 4 saturated heterocycles. The highest BCUT2D eigenvalue weighted by molar-refractivity contribution is 7.84. The van der Waals surface area contributed by atoms with Crippen LogP contribution in [-0.4, -0.2) is 253 Å². The largest absolute Gasteiger partial charge is 0.735 e. The van der Waals surface area contributed by atoms with Gasteiger partial charge in [0.25, 0.3) is 0 Å². The number of methoxy groups -OCH3 is 1. The lowest BCUT2D eigenvalue weighted by Crippen LogP contribution is -2.63. The van der Waals surface area contributed by atoms with Crippen LogP contribution in [0, 0.1) is 11.8 Å². The summed E-state index contributed by atoms with van der Waals surface area (Å²) in [7, 11) is -29.7. The molecule has 4 aliphatic heterocycles. The van der Waals surface area contributed by atoms with Crippen molar-refractivity contribution in [2.75, 3.05) is 53.2 Å². The Morgan fingerprint density at radius 1 is 0.662 bits per heavy atom. The lowest BCUT2D eigenvalue weighted by Gasteiger charge is -2.46. The van der Waals surface area contributed by atoms with Crippen LogP contribution in [0.2, 0.25) is 0 Å². The maximum Gasteiger partial charge on any atom is 0.218 e. The number of aliphatic hydroxyl groups is 4. The number of β-amino-alcohol motifs (C(OH)–C–C–N with tert-alkyl or cyclic N) is 1. The Bertz CT molecular complexity index is 2390. The fourth-order valence-corrected chi connectivity index (χ4v) is 9.52. The van der Waals surface area contributed by atoms with Crippen molar-refractivity contribution >= 4 is 74.1 Å². The van der Waals surface area contributed by atoms with E-state index in [-0.39, 0.29) is 23.8 Å². The van der Waals surface area contributed by atoms with Crippen molar-refractivity contribution < 1.29 is 165 Å². The van der Waals surface area contributed by atoms with E-state index in [9.17, 15) is 118 Å². The summed E-state index contributed by atoms with van der Waals surface area (Å²) in [5.41, 5.74) is 0. The summed E-state index contributed by atoms with van der Waals surface area (Å²) < 4.78 is 232. The Kier molecular flexibility index (Phi) is 27.1. The summed E-state index contributed by atoms with van der Waals surface area (Å²) in [6.45, 7) is -4.55. The molecule has 4 aliphatic rings. The number of nitrogens with zero attached hydrogens (tertiary/aromatic N) is 1. The van der Waals surface area contributed by atoms with E-state index in [4.69, 9.17) is 14.2 Å². The summed E-state index contributed by atoms with van der Waals surface area (Å²) >= 11 is 0. The maximum absolute atomic E-state index is 11.3. The first-order valence-electron chi connectivity index (χ1n) is 18.4. The van der Waals surface area contributed by atoms with Gasteiger partial charge < -0.3 is 97.4 Å². The highest BCUT2D eigenvalue weighted by Crippen LogP contribution is 2.30. The number of ether oxygens (including phenoxy) is 4. The van der Waals surface area contributed by atoms with Gasteiger partial charge in [-0.15, -0.1) is 0 Å². The molecule has 424 valence electrons. The predicted molar refractivity (Wildman–Crippen MR) is 203 cm³/mol. The molecule has 0 saturated carbocycles. The molecule has 14 atom stereocenters. The second-order valence-corrected chi connectivity index (χ2v) is 20.9. The highest BCUT2D eigenvalue weighted by atomic mass is 32.3. The third-order valence-corrected chi connectivity index (χ3v) is 12.4. The minimum atomic E-state index is -5.57. The predicted octanol–water partition coefficient (Wildman–Crippen LogP) is -14.8. The molecule has 0 aromatic carbocycles. The first-order chi connectivity index (χ1) is 31.2. The second kappa shape index (κ2) is 28.0. The van der Waals surface area contributed by atoms with Crippen molar-refractivity contribution in [3.8, 4) is 0 Å². The zero-order valence-electron chi connectivity index (χ0n) is 35.4. The number of carbonyl (C=O) groups excluding carboxylic acids is 2. The Hall–Kier alpha value is -2.28. The first kappa shape index (κ1) is 68.7. The van der Waals surface area contributed by atoms with E-state index >= 15 is 0 Å². The van der Waals surface area contributed by atoms with Gasteiger partial charge in [-0.05, 0) is 0 Å². The molecule has 10 N–H and O–H groups in total. The van der Waals surface area contributed by atoms with Gasteiger partial charge in [0, 0.05) is 57.4 Å². The smallest absolute Gasteiger partial charge is 0.218 e. The molecule has 0 spiro atoms. The molecule has 71 heavy (non-hydrogen) atoms. The average molecular weight is 1170 g/mol. The fourth-order valence-electron chi connectivity index (χ4n) is 6.69. The molecular formula is C26H45N3O36S6-8. The van der Waals surface area contributed by atoms with Crippen LogP contribution in [-0.2, 0) is 107 Å². The van der Waals surface area contributed by atoms with E-state index < -0.39 is 205 Å². The van der Waals surface area contributed by atoms with Crippen molar-refractivity contribution in [3.63, 3.8) is 0 Å². The fraction of sp³-hybridized carbons (Fsp3) is 0.923. The van der Waals surface area contributed by atoms with E-state index in [2.05, 4.69) is 21.5 Å². The molecule has 0 bridgehead atoms. The Labute approximate surface area is 403 Å². The van der Waals surface area contributed by atoms with Gasteiger partial charge in [-0.1, -0.05) is 0 Å². The summed E-state index contributed by atoms with van der Waals surface area (Å²) in [5.74, 6) is -6.45. The van der Waals surface area contributed by atoms with Gasteiger partial charge in [0.1, 0.15) is 12.2 Å². The molecule has 4 rings (SSSR count). The summed E-state index contributed by atoms with van der Waals surface area (Å²) in [6.07, 6.45) is -15.5. The van der Waals surface area contributed by atoms with Crippen LogP contribution >= 0.6 is 0 Å². The first-order valence-corrected chi connectivity index (χ1v) is 26.5. The minimum absolute atomic E-state index is 0. The number of carboxylic acid groups (broad SMARTS) is 2. The molecule has 45 heteroatoms. The van der Waals surface area contributed by atoms with E-state index in [1.807, 2.05) is 0 Å². The molecule has 4 heterocycles. The number of likely N-dealkylation sites (tertiary alicyclic amines) is 1. The lowest BCUT2D eigenvalue weighted by molar-refractivity contribution is -0.321. The van der Waals surface area contributed by atoms with Gasteiger partial charge in [0.15, 0.2) is 26.9 Å². The van der Waals surface area contributed by atoms with Crippen molar-refractivity contribution in [2.24, 2.45) is 11.8 Å². The molecule has 0 aromatic rings. The van der Waals surface area contributed by atoms with Crippen LogP contribution in [0.15, 0.2) is 0 Å². The summed E-state index contributed by atoms with van der Waals surface area (Å²) in [4.78, 5) is 22.7. The third kappa shape index (κ3) is 26.2. The van der Waals surface area contributed by atoms with Gasteiger partial charge >= 0.3 is 0 Å². The summed E-state index contributed by atoms with van der Waals surface area (Å²) in [6, 6.07) is -3.16. The van der Waals surface area contributed by atoms with Crippen LogP contribution in [0.4, 0.5) is 0 Å². The molecule has 0 radical (unpaired) electrons. The zero-order valence-corrected chi connectivity index (χ0v) is 40.3. The number of hydrogen-bond donors (Lipinski definition) is 6. The highest BCUT2D eigenvalue weighted by Gasteiger charge is 2.46. The SMILES string of the molecule is CO[C@H]1OC(COS(=O)(=O)[O-])C[C@@H](O)C1NS(=O)(=O)[O-].O.O.O=C([O-])C1CN(C[C@@H]2C(COS(=O)(=O)[O-])OCC(NS(=O)(=O)[O-])[C@@H]2OS(=O)(=O)[O-])C[C@H](O)[C@@H]1O.O=C([O-])C1C[C@@H](O)C(OS(=O)(=O)[O-])CO1. The number of nitrogens with one attached hydrogen (secondary N) is 2. The molecule has 39 nitrogen and oxygen atoms in total. The van der Waals surface area contributed by atoms with Gasteiger partial charge in [0.2, 0.25) is 41.6 Å².